The molecule has 0 amide bonds. The Labute approximate surface area is 160 Å². The molecule has 0 bridgehead atoms. The van der Waals surface area contributed by atoms with Crippen LogP contribution in [-0.2, 0) is 16.8 Å². The summed E-state index contributed by atoms with van der Waals surface area (Å²) >= 11 is 0. The number of nitrogens with one attached hydrogen (secondary N) is 1. The molecule has 140 valence electrons. The summed E-state index contributed by atoms with van der Waals surface area (Å²) < 4.78 is 6.18. The van der Waals surface area contributed by atoms with Gasteiger partial charge in [-0.3, -0.25) is 4.98 Å². The average Bonchev–Trinajstić information content (AvgIpc) is 2.74. The summed E-state index contributed by atoms with van der Waals surface area (Å²) in [6.45, 7) is 1.13. The van der Waals surface area contributed by atoms with Gasteiger partial charge in [0.2, 0.25) is 0 Å². The quantitative estimate of drug-likeness (QED) is 0.629. The first-order chi connectivity index (χ1) is 13.3. The fraction of sp³-hybridized carbons (Fsp3) is 0.348. The van der Waals surface area contributed by atoms with Gasteiger partial charge in [-0.1, -0.05) is 54.6 Å². The monoisotopic (exact) mass is 362 g/mol. The molecule has 1 fully saturated rings. The Bertz CT molecular complexity index is 874. The maximum atomic E-state index is 9.36. The molecule has 1 heterocycles. The molecule has 4 rings (SSSR count). The van der Waals surface area contributed by atoms with Gasteiger partial charge in [-0.25, -0.2) is 5.48 Å². The van der Waals surface area contributed by atoms with Crippen molar-refractivity contribution in [3.63, 3.8) is 0 Å². The van der Waals surface area contributed by atoms with Gasteiger partial charge < -0.3 is 9.94 Å². The lowest BCUT2D eigenvalue weighted by atomic mass is 9.68. The van der Waals surface area contributed by atoms with E-state index in [0.717, 1.165) is 42.3 Å². The summed E-state index contributed by atoms with van der Waals surface area (Å²) in [5, 5.41) is 10.5. The lowest BCUT2D eigenvalue weighted by molar-refractivity contribution is -0.00485. The van der Waals surface area contributed by atoms with E-state index >= 15 is 0 Å². The van der Waals surface area contributed by atoms with E-state index in [9.17, 15) is 5.21 Å². The Hall–Kier alpha value is -2.27. The van der Waals surface area contributed by atoms with Crippen molar-refractivity contribution in [1.82, 2.24) is 10.5 Å². The second-order valence-electron chi connectivity index (χ2n) is 7.49. The molecular formula is C23H26N2O2. The zero-order valence-electron chi connectivity index (χ0n) is 15.5. The lowest BCUT2D eigenvalue weighted by Crippen LogP contribution is -2.42. The van der Waals surface area contributed by atoms with Crippen LogP contribution in [-0.4, -0.2) is 22.8 Å². The van der Waals surface area contributed by atoms with E-state index in [0.29, 0.717) is 13.2 Å². The molecule has 1 aliphatic carbocycles. The average molecular weight is 362 g/mol. The van der Waals surface area contributed by atoms with Crippen LogP contribution in [0, 0.1) is 0 Å². The summed E-state index contributed by atoms with van der Waals surface area (Å²) in [6.07, 6.45) is 4.23. The largest absolute Gasteiger partial charge is 0.372 e. The van der Waals surface area contributed by atoms with Crippen LogP contribution >= 0.6 is 0 Å². The number of hydrogen-bond donors (Lipinski definition) is 2. The standard InChI is InChI=1S/C23H26N2O2/c26-24-17-23(19-7-2-1-3-8-19)14-12-21(13-15-23)27-16-20-11-10-18-6-4-5-9-22(18)25-20/h1-11,21,24,26H,12-17H2. The van der Waals surface area contributed by atoms with Gasteiger partial charge in [0.25, 0.3) is 0 Å². The van der Waals surface area contributed by atoms with Crippen LogP contribution in [0.25, 0.3) is 10.9 Å². The summed E-state index contributed by atoms with van der Waals surface area (Å²) in [4.78, 5) is 4.70. The first-order valence-corrected chi connectivity index (χ1v) is 9.68. The SMILES string of the molecule is ONCC1(c2ccccc2)CCC(OCc2ccc3ccccc3n2)CC1. The van der Waals surface area contributed by atoms with Crippen molar-refractivity contribution in [2.45, 2.75) is 43.8 Å². The van der Waals surface area contributed by atoms with Gasteiger partial charge in [-0.05, 0) is 43.4 Å². The number of hydroxylamine groups is 1. The smallest absolute Gasteiger partial charge is 0.0891 e. The number of pyridine rings is 1. The van der Waals surface area contributed by atoms with Crippen molar-refractivity contribution in [3.8, 4) is 0 Å². The molecule has 0 spiro atoms. The molecule has 1 aliphatic rings. The Morgan fingerprint density at radius 3 is 2.48 bits per heavy atom. The van der Waals surface area contributed by atoms with E-state index in [2.05, 4.69) is 47.9 Å². The minimum atomic E-state index is -0.0168. The van der Waals surface area contributed by atoms with Gasteiger partial charge >= 0.3 is 0 Å². The van der Waals surface area contributed by atoms with Crippen molar-refractivity contribution in [2.24, 2.45) is 0 Å². The van der Waals surface area contributed by atoms with Gasteiger partial charge in [0.1, 0.15) is 0 Å². The van der Waals surface area contributed by atoms with Crippen molar-refractivity contribution in [3.05, 3.63) is 78.0 Å². The van der Waals surface area contributed by atoms with Gasteiger partial charge in [0.05, 0.1) is 23.9 Å². The third-order valence-electron chi connectivity index (χ3n) is 5.82. The van der Waals surface area contributed by atoms with E-state index in [4.69, 9.17) is 9.72 Å². The topological polar surface area (TPSA) is 54.4 Å². The fourth-order valence-corrected chi connectivity index (χ4v) is 4.21. The highest BCUT2D eigenvalue weighted by Crippen LogP contribution is 2.40. The first kappa shape index (κ1) is 18.1. The third-order valence-corrected chi connectivity index (χ3v) is 5.82. The van der Waals surface area contributed by atoms with Crippen LogP contribution in [0.4, 0.5) is 0 Å². The minimum absolute atomic E-state index is 0.0168. The molecule has 1 aromatic heterocycles. The number of rotatable bonds is 6. The molecule has 0 saturated heterocycles. The van der Waals surface area contributed by atoms with E-state index < -0.39 is 0 Å². The zero-order valence-corrected chi connectivity index (χ0v) is 15.5. The molecule has 0 unspecified atom stereocenters. The highest BCUT2D eigenvalue weighted by Gasteiger charge is 2.36. The predicted molar refractivity (Wildman–Crippen MR) is 107 cm³/mol. The van der Waals surface area contributed by atoms with Crippen molar-refractivity contribution < 1.29 is 9.94 Å². The maximum Gasteiger partial charge on any atom is 0.0891 e. The van der Waals surface area contributed by atoms with Gasteiger partial charge in [-0.2, -0.15) is 0 Å². The molecule has 3 aromatic rings. The van der Waals surface area contributed by atoms with E-state index in [1.807, 2.05) is 24.3 Å². The second-order valence-corrected chi connectivity index (χ2v) is 7.49. The Balaban J connectivity index is 1.38. The number of ether oxygens (including phenoxy) is 1. The molecule has 2 aromatic carbocycles. The third kappa shape index (κ3) is 4.03. The highest BCUT2D eigenvalue weighted by atomic mass is 16.5. The molecular weight excluding hydrogens is 336 g/mol. The Morgan fingerprint density at radius 1 is 0.963 bits per heavy atom. The zero-order chi connectivity index (χ0) is 18.5. The molecule has 1 saturated carbocycles. The summed E-state index contributed by atoms with van der Waals surface area (Å²) in [5.74, 6) is 0. The number of para-hydroxylation sites is 1. The van der Waals surface area contributed by atoms with Gasteiger partial charge in [0, 0.05) is 17.3 Å². The van der Waals surface area contributed by atoms with E-state index in [-0.39, 0.29) is 11.5 Å². The molecule has 4 nitrogen and oxygen atoms in total. The van der Waals surface area contributed by atoms with E-state index in [1.54, 1.807) is 0 Å². The first-order valence-electron chi connectivity index (χ1n) is 9.68. The molecule has 0 atom stereocenters. The fourth-order valence-electron chi connectivity index (χ4n) is 4.21. The van der Waals surface area contributed by atoms with Crippen LogP contribution in [0.5, 0.6) is 0 Å². The second kappa shape index (κ2) is 8.17. The molecule has 2 N–H and O–H groups in total. The maximum absolute atomic E-state index is 9.36. The van der Waals surface area contributed by atoms with Crippen LogP contribution in [0.1, 0.15) is 36.9 Å². The summed E-state index contributed by atoms with van der Waals surface area (Å²) in [6, 6.07) is 22.8. The number of fused-ring (bicyclic) bond motifs is 1. The Kier molecular flexibility index (Phi) is 5.48. The molecule has 27 heavy (non-hydrogen) atoms. The lowest BCUT2D eigenvalue weighted by Gasteiger charge is -2.40. The molecule has 0 aliphatic heterocycles. The number of aromatic nitrogens is 1. The number of nitrogens with zero attached hydrogens (tertiary/aromatic N) is 1. The molecule has 0 radical (unpaired) electrons. The van der Waals surface area contributed by atoms with E-state index in [1.165, 1.54) is 5.56 Å². The predicted octanol–water partition coefficient (Wildman–Crippen LogP) is 4.61. The van der Waals surface area contributed by atoms with Crippen molar-refractivity contribution in [1.29, 1.82) is 0 Å². The molecule has 4 heteroatoms. The van der Waals surface area contributed by atoms with Crippen molar-refractivity contribution >= 4 is 10.9 Å². The minimum Gasteiger partial charge on any atom is -0.372 e. The summed E-state index contributed by atoms with van der Waals surface area (Å²) in [5.41, 5.74) is 5.68. The van der Waals surface area contributed by atoms with Crippen LogP contribution in [0.2, 0.25) is 0 Å². The van der Waals surface area contributed by atoms with Gasteiger partial charge in [0.15, 0.2) is 0 Å². The van der Waals surface area contributed by atoms with Crippen LogP contribution < -0.4 is 5.48 Å². The Morgan fingerprint density at radius 2 is 1.70 bits per heavy atom. The van der Waals surface area contributed by atoms with Gasteiger partial charge in [-0.15, -0.1) is 0 Å². The number of benzene rings is 2. The van der Waals surface area contributed by atoms with Crippen molar-refractivity contribution in [2.75, 3.05) is 6.54 Å². The highest BCUT2D eigenvalue weighted by molar-refractivity contribution is 5.78. The van der Waals surface area contributed by atoms with Crippen LogP contribution in [0.15, 0.2) is 66.7 Å². The van der Waals surface area contributed by atoms with Crippen LogP contribution in [0.3, 0.4) is 0 Å². The number of hydrogen-bond acceptors (Lipinski definition) is 4. The summed E-state index contributed by atoms with van der Waals surface area (Å²) in [7, 11) is 0. The normalized spacial score (nSPS) is 22.8.